The van der Waals surface area contributed by atoms with Crippen LogP contribution in [0.1, 0.15) is 37.2 Å². The van der Waals surface area contributed by atoms with Gasteiger partial charge in [0.2, 0.25) is 6.54 Å². The maximum atomic E-state index is 12.2. The Kier molecular flexibility index (Phi) is 4.18. The van der Waals surface area contributed by atoms with Crippen molar-refractivity contribution in [2.45, 2.75) is 31.6 Å². The zero-order valence-corrected chi connectivity index (χ0v) is 12.4. The normalized spacial score (nSPS) is 20.0. The minimum atomic E-state index is -0.313. The molecule has 114 valence electrons. The van der Waals surface area contributed by atoms with Gasteiger partial charge in [0, 0.05) is 17.3 Å². The van der Waals surface area contributed by atoms with Crippen molar-refractivity contribution in [3.8, 4) is 0 Å². The molecular formula is C18H19NO3. The molecule has 0 N–H and O–H groups in total. The lowest BCUT2D eigenvalue weighted by atomic mass is 9.75. The molecule has 0 radical (unpaired) electrons. The number of nitrogens with zero attached hydrogens (tertiary/aromatic N) is 1. The van der Waals surface area contributed by atoms with Gasteiger partial charge in [0.05, 0.1) is 5.92 Å². The zero-order valence-electron chi connectivity index (χ0n) is 12.4. The van der Waals surface area contributed by atoms with Gasteiger partial charge in [-0.1, -0.05) is 48.9 Å². The van der Waals surface area contributed by atoms with Gasteiger partial charge in [-0.3, -0.25) is 14.9 Å². The Morgan fingerprint density at radius 1 is 1.14 bits per heavy atom. The fourth-order valence-corrected chi connectivity index (χ4v) is 3.50. The molecule has 1 unspecified atom stereocenters. The van der Waals surface area contributed by atoms with Crippen LogP contribution in [0.2, 0.25) is 0 Å². The van der Waals surface area contributed by atoms with E-state index in [-0.39, 0.29) is 29.1 Å². The van der Waals surface area contributed by atoms with Crippen LogP contribution < -0.4 is 0 Å². The van der Waals surface area contributed by atoms with Crippen LogP contribution in [0, 0.1) is 16.0 Å². The van der Waals surface area contributed by atoms with Crippen molar-refractivity contribution in [2.75, 3.05) is 6.54 Å². The highest BCUT2D eigenvalue weighted by Gasteiger charge is 2.34. The summed E-state index contributed by atoms with van der Waals surface area (Å²) in [5.74, 6) is -0.334. The minimum Gasteiger partial charge on any atom is -0.299 e. The second-order valence-electron chi connectivity index (χ2n) is 6.05. The molecule has 0 saturated heterocycles. The lowest BCUT2D eigenvalue weighted by Crippen LogP contribution is -2.30. The van der Waals surface area contributed by atoms with Crippen LogP contribution in [0.4, 0.5) is 0 Å². The first-order valence-electron chi connectivity index (χ1n) is 7.78. The van der Waals surface area contributed by atoms with Gasteiger partial charge >= 0.3 is 0 Å². The molecule has 2 aromatic carbocycles. The van der Waals surface area contributed by atoms with Gasteiger partial charge in [-0.15, -0.1) is 0 Å². The smallest absolute Gasteiger partial charge is 0.211 e. The van der Waals surface area contributed by atoms with Crippen LogP contribution in [0.15, 0.2) is 42.5 Å². The summed E-state index contributed by atoms with van der Waals surface area (Å²) in [6.45, 7) is -0.172. The lowest BCUT2D eigenvalue weighted by Gasteiger charge is -2.27. The molecule has 22 heavy (non-hydrogen) atoms. The van der Waals surface area contributed by atoms with E-state index >= 15 is 0 Å². The monoisotopic (exact) mass is 297 g/mol. The van der Waals surface area contributed by atoms with Gasteiger partial charge < -0.3 is 0 Å². The fourth-order valence-electron chi connectivity index (χ4n) is 3.50. The SMILES string of the molecule is O=C1CCCCC1[C@H](C[N+](=O)[O-])c1ccc2ccccc2c1. The van der Waals surface area contributed by atoms with Crippen LogP contribution >= 0.6 is 0 Å². The van der Waals surface area contributed by atoms with Crippen LogP contribution in [0.25, 0.3) is 10.8 Å². The quantitative estimate of drug-likeness (QED) is 0.634. The summed E-state index contributed by atoms with van der Waals surface area (Å²) in [6, 6.07) is 13.9. The molecule has 1 aliphatic rings. The summed E-state index contributed by atoms with van der Waals surface area (Å²) in [4.78, 5) is 23.0. The molecule has 0 bridgehead atoms. The van der Waals surface area contributed by atoms with Crippen molar-refractivity contribution >= 4 is 16.6 Å². The van der Waals surface area contributed by atoms with Gasteiger partial charge in [-0.2, -0.15) is 0 Å². The average molecular weight is 297 g/mol. The summed E-state index contributed by atoms with van der Waals surface area (Å²) in [5, 5.41) is 13.3. The highest BCUT2D eigenvalue weighted by atomic mass is 16.6. The molecule has 2 atom stereocenters. The summed E-state index contributed by atoms with van der Waals surface area (Å²) in [5.41, 5.74) is 0.913. The van der Waals surface area contributed by atoms with Gasteiger partial charge in [-0.05, 0) is 29.2 Å². The Labute approximate surface area is 129 Å². The molecule has 3 rings (SSSR count). The molecule has 1 fully saturated rings. The third kappa shape index (κ3) is 3.01. The fraction of sp³-hybridized carbons (Fsp3) is 0.389. The van der Waals surface area contributed by atoms with Crippen molar-refractivity contribution in [3.05, 3.63) is 58.1 Å². The van der Waals surface area contributed by atoms with Crippen LogP contribution in [0.3, 0.4) is 0 Å². The van der Waals surface area contributed by atoms with E-state index in [1.807, 2.05) is 42.5 Å². The molecule has 2 aromatic rings. The van der Waals surface area contributed by atoms with Crippen molar-refractivity contribution < 1.29 is 9.72 Å². The second-order valence-corrected chi connectivity index (χ2v) is 6.05. The van der Waals surface area contributed by atoms with E-state index in [1.54, 1.807) is 0 Å². The lowest BCUT2D eigenvalue weighted by molar-refractivity contribution is -0.484. The summed E-state index contributed by atoms with van der Waals surface area (Å²) < 4.78 is 0. The molecule has 1 saturated carbocycles. The average Bonchev–Trinajstić information content (AvgIpc) is 2.53. The molecule has 4 nitrogen and oxygen atoms in total. The number of benzene rings is 2. The second kappa shape index (κ2) is 6.26. The molecule has 0 aromatic heterocycles. The van der Waals surface area contributed by atoms with Crippen molar-refractivity contribution in [2.24, 2.45) is 5.92 Å². The third-order valence-electron chi connectivity index (χ3n) is 4.64. The number of rotatable bonds is 4. The number of hydrogen-bond donors (Lipinski definition) is 0. The molecule has 1 aliphatic carbocycles. The number of carbonyl (C=O) groups is 1. The number of Topliss-reactive ketones (excluding diaryl/α,β-unsaturated/α-hetero) is 1. The van der Waals surface area contributed by atoms with Crippen molar-refractivity contribution in [1.82, 2.24) is 0 Å². The van der Waals surface area contributed by atoms with Crippen LogP contribution in [0.5, 0.6) is 0 Å². The number of ketones is 1. The first kappa shape index (κ1) is 14.7. The Morgan fingerprint density at radius 2 is 1.91 bits per heavy atom. The van der Waals surface area contributed by atoms with E-state index in [4.69, 9.17) is 0 Å². The third-order valence-corrected chi connectivity index (χ3v) is 4.64. The van der Waals surface area contributed by atoms with E-state index in [2.05, 4.69) is 0 Å². The highest BCUT2D eigenvalue weighted by molar-refractivity contribution is 5.85. The van der Waals surface area contributed by atoms with E-state index in [0.717, 1.165) is 35.6 Å². The zero-order chi connectivity index (χ0) is 15.5. The highest BCUT2D eigenvalue weighted by Crippen LogP contribution is 2.35. The summed E-state index contributed by atoms with van der Waals surface area (Å²) in [6.07, 6.45) is 3.23. The van der Waals surface area contributed by atoms with Crippen molar-refractivity contribution in [1.29, 1.82) is 0 Å². The predicted molar refractivity (Wildman–Crippen MR) is 85.5 cm³/mol. The molecule has 4 heteroatoms. The predicted octanol–water partition coefficient (Wildman–Crippen LogP) is 3.96. The molecule has 0 amide bonds. The molecule has 0 spiro atoms. The number of fused-ring (bicyclic) bond motifs is 1. The van der Waals surface area contributed by atoms with Crippen LogP contribution in [-0.2, 0) is 4.79 Å². The van der Waals surface area contributed by atoms with E-state index in [9.17, 15) is 14.9 Å². The number of carbonyl (C=O) groups excluding carboxylic acids is 1. The summed E-state index contributed by atoms with van der Waals surface area (Å²) in [7, 11) is 0. The van der Waals surface area contributed by atoms with E-state index in [1.165, 1.54) is 0 Å². The van der Waals surface area contributed by atoms with Gasteiger partial charge in [0.25, 0.3) is 0 Å². The van der Waals surface area contributed by atoms with E-state index < -0.39 is 0 Å². The van der Waals surface area contributed by atoms with E-state index in [0.29, 0.717) is 6.42 Å². The van der Waals surface area contributed by atoms with Gasteiger partial charge in [-0.25, -0.2) is 0 Å². The Bertz CT molecular complexity index is 710. The van der Waals surface area contributed by atoms with Gasteiger partial charge in [0.15, 0.2) is 0 Å². The molecule has 0 heterocycles. The van der Waals surface area contributed by atoms with Gasteiger partial charge in [0.1, 0.15) is 5.78 Å². The largest absolute Gasteiger partial charge is 0.299 e. The maximum absolute atomic E-state index is 12.2. The summed E-state index contributed by atoms with van der Waals surface area (Å²) >= 11 is 0. The van der Waals surface area contributed by atoms with Crippen LogP contribution in [-0.4, -0.2) is 17.3 Å². The molecular weight excluding hydrogens is 278 g/mol. The number of hydrogen-bond acceptors (Lipinski definition) is 3. The Morgan fingerprint density at radius 3 is 2.64 bits per heavy atom. The Hall–Kier alpha value is -2.23. The maximum Gasteiger partial charge on any atom is 0.211 e. The first-order valence-corrected chi connectivity index (χ1v) is 7.78. The minimum absolute atomic E-state index is 0.172. The topological polar surface area (TPSA) is 60.2 Å². The standard InChI is InChI=1S/C18H19NO3/c20-18-8-4-3-7-16(18)17(12-19(21)22)15-10-9-13-5-1-2-6-14(13)11-15/h1-2,5-6,9-11,16-17H,3-4,7-8,12H2/t16?,17-/m1/s1. The first-order chi connectivity index (χ1) is 10.6. The van der Waals surface area contributed by atoms with Crippen molar-refractivity contribution in [3.63, 3.8) is 0 Å². The number of nitro groups is 1. The molecule has 0 aliphatic heterocycles. The Balaban J connectivity index is 1.99.